The highest BCUT2D eigenvalue weighted by molar-refractivity contribution is 5.90. The number of aryl methyl sites for hydroxylation is 2. The lowest BCUT2D eigenvalue weighted by Gasteiger charge is -2.17. The minimum absolute atomic E-state index is 0.214. The second kappa shape index (κ2) is 17.7. The molecule has 0 bridgehead atoms. The monoisotopic (exact) mass is 580 g/mol. The highest BCUT2D eigenvalue weighted by Crippen LogP contribution is 2.31. The summed E-state index contributed by atoms with van der Waals surface area (Å²) in [5, 5.41) is 0. The van der Waals surface area contributed by atoms with E-state index in [2.05, 4.69) is 11.3 Å². The van der Waals surface area contributed by atoms with E-state index in [0.717, 1.165) is 24.0 Å². The molecule has 0 spiro atoms. The zero-order valence-electron chi connectivity index (χ0n) is 24.4. The highest BCUT2D eigenvalue weighted by atomic mass is 16.7. The number of benzene rings is 2. The normalized spacial score (nSPS) is 20.8. The maximum absolute atomic E-state index is 12.4. The molecule has 2 fully saturated rings. The van der Waals surface area contributed by atoms with Crippen LogP contribution in [0.2, 0.25) is 0 Å². The van der Waals surface area contributed by atoms with Crippen molar-refractivity contribution in [1.29, 1.82) is 0 Å². The molecule has 2 heterocycles. The fourth-order valence-electron chi connectivity index (χ4n) is 4.13. The zero-order valence-corrected chi connectivity index (χ0v) is 24.4. The second-order valence-electron chi connectivity index (χ2n) is 9.74. The molecule has 42 heavy (non-hydrogen) atoms. The van der Waals surface area contributed by atoms with Gasteiger partial charge in [0, 0.05) is 0 Å². The summed E-state index contributed by atoms with van der Waals surface area (Å²) in [6.45, 7) is 9.26. The maximum atomic E-state index is 12.4. The zero-order chi connectivity index (χ0) is 30.2. The molecule has 2 unspecified atom stereocenters. The lowest BCUT2D eigenvalue weighted by atomic mass is 10.1. The van der Waals surface area contributed by atoms with Gasteiger partial charge < -0.3 is 33.2 Å². The summed E-state index contributed by atoms with van der Waals surface area (Å²) < 4.78 is 37.5. The molecule has 226 valence electrons. The van der Waals surface area contributed by atoms with Crippen molar-refractivity contribution in [2.75, 3.05) is 33.5 Å². The maximum Gasteiger partial charge on any atom is 0.338 e. The summed E-state index contributed by atoms with van der Waals surface area (Å²) >= 11 is 0. The number of allylic oxidation sites excluding steroid dienone is 2. The van der Waals surface area contributed by atoms with Crippen LogP contribution >= 0.6 is 0 Å². The van der Waals surface area contributed by atoms with Crippen molar-refractivity contribution in [3.63, 3.8) is 0 Å². The number of esters is 2. The minimum Gasteiger partial charge on any atom is -0.501 e. The van der Waals surface area contributed by atoms with E-state index < -0.39 is 36.4 Å². The van der Waals surface area contributed by atoms with Crippen LogP contribution in [0.4, 0.5) is 0 Å². The van der Waals surface area contributed by atoms with E-state index in [1.165, 1.54) is 6.26 Å². The lowest BCUT2D eigenvalue weighted by molar-refractivity contribution is -0.0287. The van der Waals surface area contributed by atoms with Crippen molar-refractivity contribution in [2.24, 2.45) is 0 Å². The number of ether oxygens (including phenoxy) is 7. The molecule has 0 radical (unpaired) electrons. The molecule has 4 rings (SSSR count). The number of carbonyl (C=O) groups excluding carboxylic acids is 2. The molecule has 2 aliphatic heterocycles. The number of unbranched alkanes of at least 4 members (excludes halogenated alkanes) is 1. The first-order valence-electron chi connectivity index (χ1n) is 13.9. The average Bonchev–Trinajstić information content (AvgIpc) is 3.58. The predicted octanol–water partition coefficient (Wildman–Crippen LogP) is 5.47. The van der Waals surface area contributed by atoms with Gasteiger partial charge in [-0.3, -0.25) is 0 Å². The van der Waals surface area contributed by atoms with Gasteiger partial charge in [0.15, 0.2) is 12.2 Å². The van der Waals surface area contributed by atoms with E-state index >= 15 is 0 Å². The first kappa shape index (κ1) is 32.4. The van der Waals surface area contributed by atoms with E-state index in [4.69, 9.17) is 28.4 Å². The van der Waals surface area contributed by atoms with Crippen LogP contribution in [-0.2, 0) is 33.2 Å². The summed E-state index contributed by atoms with van der Waals surface area (Å²) in [4.78, 5) is 24.7. The van der Waals surface area contributed by atoms with Gasteiger partial charge in [0.2, 0.25) is 0 Å². The van der Waals surface area contributed by atoms with Gasteiger partial charge in [0.25, 0.3) is 0 Å². The molecular weight excluding hydrogens is 540 g/mol. The number of hydrogen-bond donors (Lipinski definition) is 0. The average molecular weight is 581 g/mol. The van der Waals surface area contributed by atoms with Crippen molar-refractivity contribution in [3.05, 3.63) is 108 Å². The van der Waals surface area contributed by atoms with Gasteiger partial charge >= 0.3 is 11.9 Å². The SMILES string of the molecule is C=CC=COCCCCOC=COC.Cc1ccc(C(=O)O[C@H]2COC3C2OC[C@H]3OC(=O)c2ccc(C)cc2)cc1. The van der Waals surface area contributed by atoms with E-state index in [9.17, 15) is 9.59 Å². The van der Waals surface area contributed by atoms with Crippen molar-refractivity contribution >= 4 is 11.9 Å². The Morgan fingerprint density at radius 1 is 0.762 bits per heavy atom. The molecule has 0 saturated carbocycles. The molecule has 2 saturated heterocycles. The Balaban J connectivity index is 0.000000295. The molecule has 2 aromatic carbocycles. The minimum atomic E-state index is -0.526. The van der Waals surface area contributed by atoms with Gasteiger partial charge in [0.05, 0.1) is 50.9 Å². The molecule has 0 aromatic heterocycles. The molecular formula is C33H40O9. The van der Waals surface area contributed by atoms with Crippen molar-refractivity contribution in [2.45, 2.75) is 51.1 Å². The molecule has 4 atom stereocenters. The molecule has 2 aromatic rings. The Bertz CT molecular complexity index is 1100. The topological polar surface area (TPSA) is 98.8 Å². The van der Waals surface area contributed by atoms with Gasteiger partial charge in [-0.05, 0) is 57.0 Å². The van der Waals surface area contributed by atoms with E-state index in [-0.39, 0.29) is 13.2 Å². The molecule has 9 nitrogen and oxygen atoms in total. The van der Waals surface area contributed by atoms with Crippen LogP contribution in [0.1, 0.15) is 44.7 Å². The van der Waals surface area contributed by atoms with Crippen molar-refractivity contribution < 1.29 is 42.7 Å². The number of carbonyl (C=O) groups is 2. The number of fused-ring (bicyclic) bond motifs is 1. The van der Waals surface area contributed by atoms with Gasteiger partial charge in [-0.15, -0.1) is 0 Å². The summed E-state index contributed by atoms with van der Waals surface area (Å²) in [6, 6.07) is 14.3. The standard InChI is InChI=1S/C22H22O6.C11H18O3/c1-13-3-7-15(8-4-13)21(23)27-17-11-25-20-18(12-26-19(17)20)28-22(24)16-9-5-14(2)6-10-16;1-3-4-7-13-8-5-6-9-14-11-10-12-2/h3-10,17-20H,11-12H2,1-2H3;3-4,7,10-11H,1,5-6,8-9H2,2H3/t17-,18+,19?,20?;. The van der Waals surface area contributed by atoms with E-state index in [1.54, 1.807) is 56.1 Å². The van der Waals surface area contributed by atoms with Crippen LogP contribution in [0.25, 0.3) is 0 Å². The quantitative estimate of drug-likeness (QED) is 0.132. The fourth-order valence-corrected chi connectivity index (χ4v) is 4.13. The summed E-state index contributed by atoms with van der Waals surface area (Å²) in [5.41, 5.74) is 3.10. The Morgan fingerprint density at radius 3 is 1.64 bits per heavy atom. The van der Waals surface area contributed by atoms with Crippen LogP contribution in [0.15, 0.2) is 86.0 Å². The lowest BCUT2D eigenvalue weighted by Crippen LogP contribution is -2.36. The first-order chi connectivity index (χ1) is 20.4. The summed E-state index contributed by atoms with van der Waals surface area (Å²) in [6.07, 6.45) is 8.13. The van der Waals surface area contributed by atoms with Gasteiger partial charge in [-0.2, -0.15) is 0 Å². The largest absolute Gasteiger partial charge is 0.501 e. The third kappa shape index (κ3) is 10.4. The third-order valence-electron chi connectivity index (χ3n) is 6.43. The van der Waals surface area contributed by atoms with E-state index in [0.29, 0.717) is 24.3 Å². The third-order valence-corrected chi connectivity index (χ3v) is 6.43. The van der Waals surface area contributed by atoms with Crippen LogP contribution in [0.3, 0.4) is 0 Å². The Kier molecular flexibility index (Phi) is 13.6. The number of rotatable bonds is 13. The first-order valence-corrected chi connectivity index (χ1v) is 13.9. The van der Waals surface area contributed by atoms with Crippen molar-refractivity contribution in [3.8, 4) is 0 Å². The van der Waals surface area contributed by atoms with Crippen molar-refractivity contribution in [1.82, 2.24) is 0 Å². The van der Waals surface area contributed by atoms with E-state index in [1.807, 2.05) is 38.1 Å². The Hall–Kier alpha value is -4.08. The molecule has 0 amide bonds. The summed E-state index contributed by atoms with van der Waals surface area (Å²) in [5.74, 6) is -0.837. The van der Waals surface area contributed by atoms with Crippen LogP contribution < -0.4 is 0 Å². The Labute approximate surface area is 247 Å². The number of methoxy groups -OCH3 is 1. The highest BCUT2D eigenvalue weighted by Gasteiger charge is 2.51. The fraction of sp³-hybridized carbons (Fsp3) is 0.394. The molecule has 9 heteroatoms. The van der Waals surface area contributed by atoms with Crippen LogP contribution in [0, 0.1) is 13.8 Å². The van der Waals surface area contributed by atoms with Crippen LogP contribution in [0.5, 0.6) is 0 Å². The predicted molar refractivity (Wildman–Crippen MR) is 157 cm³/mol. The molecule has 0 aliphatic carbocycles. The smallest absolute Gasteiger partial charge is 0.338 e. The summed E-state index contributed by atoms with van der Waals surface area (Å²) in [7, 11) is 1.58. The second-order valence-corrected chi connectivity index (χ2v) is 9.74. The van der Waals surface area contributed by atoms with Crippen LogP contribution in [-0.4, -0.2) is 69.9 Å². The van der Waals surface area contributed by atoms with Gasteiger partial charge in [0.1, 0.15) is 24.7 Å². The molecule has 0 N–H and O–H groups in total. The molecule has 2 aliphatic rings. The number of hydrogen-bond acceptors (Lipinski definition) is 9. The van der Waals surface area contributed by atoms with Gasteiger partial charge in [-0.25, -0.2) is 9.59 Å². The Morgan fingerprint density at radius 2 is 1.21 bits per heavy atom. The van der Waals surface area contributed by atoms with Gasteiger partial charge in [-0.1, -0.05) is 48.0 Å².